The summed E-state index contributed by atoms with van der Waals surface area (Å²) >= 11 is 0. The highest BCUT2D eigenvalue weighted by Gasteiger charge is 2.41. The number of carbonyl (C=O) groups is 2. The predicted octanol–water partition coefficient (Wildman–Crippen LogP) is 1.77. The molecule has 2 aliphatic rings. The van der Waals surface area contributed by atoms with Gasteiger partial charge in [-0.05, 0) is 57.1 Å². The highest BCUT2D eigenvalue weighted by molar-refractivity contribution is 5.97. The van der Waals surface area contributed by atoms with E-state index >= 15 is 0 Å². The van der Waals surface area contributed by atoms with Gasteiger partial charge in [0.25, 0.3) is 5.91 Å². The summed E-state index contributed by atoms with van der Waals surface area (Å²) < 4.78 is 7.15. The van der Waals surface area contributed by atoms with Gasteiger partial charge in [-0.25, -0.2) is 4.98 Å². The zero-order valence-corrected chi connectivity index (χ0v) is 18.3. The number of methoxy groups -OCH3 is 1. The van der Waals surface area contributed by atoms with Crippen LogP contribution < -0.4 is 16.1 Å². The highest BCUT2D eigenvalue weighted by atomic mass is 16.5. The average Bonchev–Trinajstić information content (AvgIpc) is 2.73. The molecule has 3 heterocycles. The maximum Gasteiger partial charge on any atom is 0.256 e. The van der Waals surface area contributed by atoms with E-state index in [1.165, 1.54) is 0 Å². The number of carbonyl (C=O) groups excluding carboxylic acids is 2. The number of ether oxygens (including phenoxy) is 1. The van der Waals surface area contributed by atoms with Crippen LogP contribution in [0.4, 0.5) is 0 Å². The van der Waals surface area contributed by atoms with Gasteiger partial charge in [0.05, 0.1) is 5.39 Å². The van der Waals surface area contributed by atoms with Gasteiger partial charge in [0, 0.05) is 50.7 Å². The standard InChI is InChI=1S/C23H30N4O4/c1-4-27-11-18(21(29)17-7-5-13(2)24-22(17)27)23(30)25-15-6-8-16-14(12-31-3)9-20(28)26-19(16)10-15/h5,7,11,14-16,19H,4,6,8-10,12H2,1-3H3,(H,25,30)(H,26,28). The van der Waals surface area contributed by atoms with Crippen LogP contribution in [0.15, 0.2) is 23.1 Å². The molecule has 0 spiro atoms. The molecular weight excluding hydrogens is 396 g/mol. The highest BCUT2D eigenvalue weighted by Crippen LogP contribution is 2.35. The third-order valence-corrected chi connectivity index (χ3v) is 6.67. The van der Waals surface area contributed by atoms with E-state index in [1.807, 2.05) is 18.4 Å². The Morgan fingerprint density at radius 2 is 2.13 bits per heavy atom. The van der Waals surface area contributed by atoms with E-state index in [1.54, 1.807) is 25.4 Å². The first-order valence-electron chi connectivity index (χ1n) is 11.0. The van der Waals surface area contributed by atoms with Gasteiger partial charge in [-0.15, -0.1) is 0 Å². The van der Waals surface area contributed by atoms with Gasteiger partial charge >= 0.3 is 0 Å². The fourth-order valence-electron chi connectivity index (χ4n) is 5.13. The lowest BCUT2D eigenvalue weighted by Crippen LogP contribution is -2.56. The summed E-state index contributed by atoms with van der Waals surface area (Å²) in [7, 11) is 1.66. The number of aromatic nitrogens is 2. The molecule has 2 fully saturated rings. The van der Waals surface area contributed by atoms with Crippen LogP contribution >= 0.6 is 0 Å². The molecule has 166 valence electrons. The molecule has 2 aromatic heterocycles. The average molecular weight is 427 g/mol. The van der Waals surface area contributed by atoms with Crippen LogP contribution in [0.25, 0.3) is 11.0 Å². The van der Waals surface area contributed by atoms with Gasteiger partial charge in [0.15, 0.2) is 0 Å². The van der Waals surface area contributed by atoms with Crippen LogP contribution in [0.1, 0.15) is 48.7 Å². The Kier molecular flexibility index (Phi) is 6.09. The number of nitrogens with zero attached hydrogens (tertiary/aromatic N) is 2. The summed E-state index contributed by atoms with van der Waals surface area (Å²) in [6.45, 7) is 5.02. The number of nitrogens with one attached hydrogen (secondary N) is 2. The van der Waals surface area contributed by atoms with Gasteiger partial charge in [0.2, 0.25) is 11.3 Å². The third kappa shape index (κ3) is 4.21. The predicted molar refractivity (Wildman–Crippen MR) is 117 cm³/mol. The number of pyridine rings is 2. The zero-order chi connectivity index (χ0) is 22.1. The van der Waals surface area contributed by atoms with Crippen LogP contribution in [0, 0.1) is 18.8 Å². The molecule has 0 bridgehead atoms. The van der Waals surface area contributed by atoms with Crippen molar-refractivity contribution in [3.8, 4) is 0 Å². The molecular formula is C23H30N4O4. The lowest BCUT2D eigenvalue weighted by atomic mass is 9.71. The second-order valence-corrected chi connectivity index (χ2v) is 8.72. The van der Waals surface area contributed by atoms with Crippen molar-refractivity contribution in [1.29, 1.82) is 0 Å². The molecule has 0 aromatic carbocycles. The molecule has 1 saturated carbocycles. The van der Waals surface area contributed by atoms with E-state index in [4.69, 9.17) is 4.74 Å². The Balaban J connectivity index is 1.53. The zero-order valence-electron chi connectivity index (χ0n) is 18.3. The topological polar surface area (TPSA) is 102 Å². The lowest BCUT2D eigenvalue weighted by molar-refractivity contribution is -0.128. The summed E-state index contributed by atoms with van der Waals surface area (Å²) in [5, 5.41) is 6.58. The first-order chi connectivity index (χ1) is 14.9. The van der Waals surface area contributed by atoms with Crippen molar-refractivity contribution in [2.45, 2.75) is 58.2 Å². The second kappa shape index (κ2) is 8.78. The number of hydrogen-bond acceptors (Lipinski definition) is 5. The maximum absolute atomic E-state index is 13.1. The van der Waals surface area contributed by atoms with Gasteiger partial charge in [-0.2, -0.15) is 0 Å². The molecule has 4 atom stereocenters. The molecule has 8 nitrogen and oxygen atoms in total. The number of amides is 2. The normalized spacial score (nSPS) is 25.7. The van der Waals surface area contributed by atoms with Crippen molar-refractivity contribution in [3.05, 3.63) is 39.8 Å². The number of aryl methyl sites for hydroxylation is 2. The fourth-order valence-corrected chi connectivity index (χ4v) is 5.13. The summed E-state index contributed by atoms with van der Waals surface area (Å²) in [6.07, 6.45) is 4.49. The van der Waals surface area contributed by atoms with E-state index in [9.17, 15) is 14.4 Å². The molecule has 31 heavy (non-hydrogen) atoms. The molecule has 8 heteroatoms. The molecule has 2 N–H and O–H groups in total. The Hall–Kier alpha value is -2.74. The largest absolute Gasteiger partial charge is 0.384 e. The lowest BCUT2D eigenvalue weighted by Gasteiger charge is -2.43. The Bertz CT molecular complexity index is 1060. The fraction of sp³-hybridized carbons (Fsp3) is 0.565. The molecule has 1 aliphatic carbocycles. The first kappa shape index (κ1) is 21.5. The minimum atomic E-state index is -0.367. The van der Waals surface area contributed by atoms with Crippen molar-refractivity contribution in [3.63, 3.8) is 0 Å². The van der Waals surface area contributed by atoms with Crippen LogP contribution in [0.2, 0.25) is 0 Å². The number of rotatable bonds is 5. The van der Waals surface area contributed by atoms with Gasteiger partial charge in [-0.3, -0.25) is 14.4 Å². The summed E-state index contributed by atoms with van der Waals surface area (Å²) in [4.78, 5) is 42.6. The summed E-state index contributed by atoms with van der Waals surface area (Å²) in [5.41, 5.74) is 1.25. The molecule has 4 rings (SSSR count). The van der Waals surface area contributed by atoms with Crippen molar-refractivity contribution in [2.24, 2.45) is 11.8 Å². The summed E-state index contributed by atoms with van der Waals surface area (Å²) in [5.74, 6) is 0.249. The monoisotopic (exact) mass is 426 g/mol. The van der Waals surface area contributed by atoms with Gasteiger partial charge < -0.3 is 19.9 Å². The smallest absolute Gasteiger partial charge is 0.256 e. The first-order valence-corrected chi connectivity index (χ1v) is 11.0. The minimum Gasteiger partial charge on any atom is -0.384 e. The Labute approximate surface area is 181 Å². The number of piperidine rings is 1. The molecule has 2 aromatic rings. The van der Waals surface area contributed by atoms with Crippen molar-refractivity contribution >= 4 is 22.8 Å². The van der Waals surface area contributed by atoms with Gasteiger partial charge in [0.1, 0.15) is 11.2 Å². The third-order valence-electron chi connectivity index (χ3n) is 6.67. The molecule has 0 radical (unpaired) electrons. The molecule has 4 unspecified atom stereocenters. The minimum absolute atomic E-state index is 0.0246. The maximum atomic E-state index is 13.1. The van der Waals surface area contributed by atoms with E-state index in [-0.39, 0.29) is 40.8 Å². The molecule has 1 aliphatic heterocycles. The second-order valence-electron chi connectivity index (χ2n) is 8.72. The van der Waals surface area contributed by atoms with Crippen LogP contribution in [0.3, 0.4) is 0 Å². The molecule has 1 saturated heterocycles. The van der Waals surface area contributed by atoms with Crippen molar-refractivity contribution in [1.82, 2.24) is 20.2 Å². The molecule has 2 amide bonds. The van der Waals surface area contributed by atoms with E-state index in [0.29, 0.717) is 42.9 Å². The SMILES string of the molecule is CCn1cc(C(=O)NC2CCC3C(COC)CC(=O)NC3C2)c(=O)c2ccc(C)nc21. The Morgan fingerprint density at radius 1 is 1.32 bits per heavy atom. The number of hydrogen-bond donors (Lipinski definition) is 2. The van der Waals surface area contributed by atoms with E-state index in [0.717, 1.165) is 18.5 Å². The van der Waals surface area contributed by atoms with Crippen molar-refractivity contribution in [2.75, 3.05) is 13.7 Å². The van der Waals surface area contributed by atoms with E-state index < -0.39 is 0 Å². The van der Waals surface area contributed by atoms with Crippen LogP contribution in [-0.4, -0.2) is 47.2 Å². The quantitative estimate of drug-likeness (QED) is 0.759. The Morgan fingerprint density at radius 3 is 2.87 bits per heavy atom. The van der Waals surface area contributed by atoms with Crippen molar-refractivity contribution < 1.29 is 14.3 Å². The van der Waals surface area contributed by atoms with Crippen LogP contribution in [0.5, 0.6) is 0 Å². The van der Waals surface area contributed by atoms with E-state index in [2.05, 4.69) is 15.6 Å². The van der Waals surface area contributed by atoms with Crippen LogP contribution in [-0.2, 0) is 16.1 Å². The van der Waals surface area contributed by atoms with Gasteiger partial charge in [-0.1, -0.05) is 0 Å². The number of fused-ring (bicyclic) bond motifs is 2. The summed E-state index contributed by atoms with van der Waals surface area (Å²) in [6, 6.07) is 3.46.